The fraction of sp³-hybridized carbons (Fsp3) is 0.522. The lowest BCUT2D eigenvalue weighted by Gasteiger charge is -2.40. The highest BCUT2D eigenvalue weighted by Gasteiger charge is 2.44. The molecule has 2 aliphatic rings. The molecule has 10 nitrogen and oxygen atoms in total. The Hall–Kier alpha value is -3.27. The van der Waals surface area contributed by atoms with Crippen LogP contribution in [0.15, 0.2) is 36.1 Å². The minimum Gasteiger partial charge on any atom is -0.482 e. The maximum absolute atomic E-state index is 13.5. The van der Waals surface area contributed by atoms with E-state index in [0.717, 1.165) is 5.56 Å². The quantitative estimate of drug-likeness (QED) is 0.467. The Balaban J connectivity index is 1.70. The van der Waals surface area contributed by atoms with E-state index >= 15 is 0 Å². The second kappa shape index (κ2) is 9.70. The van der Waals surface area contributed by atoms with Crippen molar-refractivity contribution >= 4 is 23.3 Å². The highest BCUT2D eigenvalue weighted by Crippen LogP contribution is 2.27. The maximum atomic E-state index is 13.5. The summed E-state index contributed by atoms with van der Waals surface area (Å²) in [5, 5.41) is 16.9. The average Bonchev–Trinajstić information content (AvgIpc) is 2.76. The normalized spacial score (nSPS) is 19.1. The molecule has 33 heavy (non-hydrogen) atoms. The van der Waals surface area contributed by atoms with Crippen LogP contribution in [0.1, 0.15) is 38.7 Å². The van der Waals surface area contributed by atoms with Gasteiger partial charge in [-0.1, -0.05) is 12.1 Å². The monoisotopic (exact) mass is 458 g/mol. The number of non-ortho nitro benzene ring substituents is 1. The summed E-state index contributed by atoms with van der Waals surface area (Å²) in [5.74, 6) is -1.06. The summed E-state index contributed by atoms with van der Waals surface area (Å²) in [6.45, 7) is 4.98. The summed E-state index contributed by atoms with van der Waals surface area (Å²) in [7, 11) is 1.67. The van der Waals surface area contributed by atoms with Gasteiger partial charge < -0.3 is 20.3 Å². The number of nitrogens with zero attached hydrogens (tertiary/aromatic N) is 2. The van der Waals surface area contributed by atoms with Crippen LogP contribution in [-0.2, 0) is 25.5 Å². The van der Waals surface area contributed by atoms with Crippen molar-refractivity contribution in [3.63, 3.8) is 0 Å². The molecule has 0 saturated carbocycles. The Morgan fingerprint density at radius 3 is 2.42 bits per heavy atom. The Morgan fingerprint density at radius 2 is 1.85 bits per heavy atom. The number of amides is 2. The van der Waals surface area contributed by atoms with Crippen LogP contribution in [0.5, 0.6) is 0 Å². The molecule has 1 saturated heterocycles. The number of ketones is 1. The van der Waals surface area contributed by atoms with Crippen LogP contribution in [0.25, 0.3) is 0 Å². The van der Waals surface area contributed by atoms with Crippen molar-refractivity contribution in [2.24, 2.45) is 0 Å². The van der Waals surface area contributed by atoms with Crippen molar-refractivity contribution in [2.75, 3.05) is 26.7 Å². The molecule has 1 aromatic carbocycles. The van der Waals surface area contributed by atoms with Crippen molar-refractivity contribution in [1.29, 1.82) is 0 Å². The van der Waals surface area contributed by atoms with Crippen molar-refractivity contribution in [2.45, 2.75) is 50.7 Å². The van der Waals surface area contributed by atoms with Crippen molar-refractivity contribution in [3.05, 3.63) is 51.8 Å². The number of likely N-dealkylation sites (N-methyl/N-ethyl adjacent to an activating group) is 1. The molecule has 2 N–H and O–H groups in total. The molecule has 0 unspecified atom stereocenters. The third kappa shape index (κ3) is 5.95. The van der Waals surface area contributed by atoms with Gasteiger partial charge in [0.05, 0.1) is 4.92 Å². The number of carbonyl (C=O) groups excluding carboxylic acids is 3. The zero-order chi connectivity index (χ0) is 24.2. The van der Waals surface area contributed by atoms with Crippen LogP contribution < -0.4 is 10.6 Å². The minimum absolute atomic E-state index is 0.0143. The standard InChI is InChI=1S/C23H30N4O6/c1-22(2)15-18(28)14-19(33-22)20(29)25-23(9-11-24-12-10-23)21(30)26(3)13-8-16-4-6-17(7-5-16)27(31)32/h4-7,14,24H,8-13,15H2,1-3H3,(H,25,29). The molecular weight excluding hydrogens is 428 g/mol. The summed E-state index contributed by atoms with van der Waals surface area (Å²) in [5.41, 5.74) is -1.02. The molecule has 10 heteroatoms. The largest absolute Gasteiger partial charge is 0.482 e. The molecular formula is C23H30N4O6. The molecule has 178 valence electrons. The predicted octanol–water partition coefficient (Wildman–Crippen LogP) is 1.49. The number of benzene rings is 1. The summed E-state index contributed by atoms with van der Waals surface area (Å²) >= 11 is 0. The van der Waals surface area contributed by atoms with Gasteiger partial charge in [0.15, 0.2) is 11.5 Å². The molecule has 2 aliphatic heterocycles. The van der Waals surface area contributed by atoms with Gasteiger partial charge in [-0.05, 0) is 51.8 Å². The van der Waals surface area contributed by atoms with Crippen LogP contribution in [0.4, 0.5) is 5.69 Å². The van der Waals surface area contributed by atoms with Crippen LogP contribution in [-0.4, -0.2) is 65.2 Å². The number of allylic oxidation sites excluding steroid dienone is 1. The van der Waals surface area contributed by atoms with E-state index in [2.05, 4.69) is 10.6 Å². The zero-order valence-corrected chi connectivity index (χ0v) is 19.2. The first-order chi connectivity index (χ1) is 15.5. The molecule has 3 rings (SSSR count). The van der Waals surface area contributed by atoms with Gasteiger partial charge in [0.2, 0.25) is 5.91 Å². The molecule has 0 aromatic heterocycles. The maximum Gasteiger partial charge on any atom is 0.287 e. The fourth-order valence-corrected chi connectivity index (χ4v) is 4.16. The molecule has 0 atom stereocenters. The van der Waals surface area contributed by atoms with Gasteiger partial charge in [-0.3, -0.25) is 24.5 Å². The lowest BCUT2D eigenvalue weighted by Crippen LogP contribution is -2.63. The van der Waals surface area contributed by atoms with E-state index < -0.39 is 22.0 Å². The fourth-order valence-electron chi connectivity index (χ4n) is 4.16. The van der Waals surface area contributed by atoms with Crippen LogP contribution in [0, 0.1) is 10.1 Å². The van der Waals surface area contributed by atoms with E-state index in [0.29, 0.717) is 38.9 Å². The molecule has 0 spiro atoms. The van der Waals surface area contributed by atoms with Crippen LogP contribution in [0.3, 0.4) is 0 Å². The lowest BCUT2D eigenvalue weighted by atomic mass is 9.86. The number of ether oxygens (including phenoxy) is 1. The lowest BCUT2D eigenvalue weighted by molar-refractivity contribution is -0.384. The van der Waals surface area contributed by atoms with Gasteiger partial charge in [-0.15, -0.1) is 0 Å². The molecule has 2 heterocycles. The van der Waals surface area contributed by atoms with Gasteiger partial charge >= 0.3 is 0 Å². The van der Waals surface area contributed by atoms with Gasteiger partial charge in [-0.2, -0.15) is 0 Å². The van der Waals surface area contributed by atoms with Gasteiger partial charge in [0.1, 0.15) is 11.1 Å². The van der Waals surface area contributed by atoms with Gasteiger partial charge in [0, 0.05) is 38.2 Å². The number of nitro groups is 1. The number of carbonyl (C=O) groups is 3. The number of rotatable bonds is 7. The third-order valence-electron chi connectivity index (χ3n) is 5.95. The van der Waals surface area contributed by atoms with E-state index in [4.69, 9.17) is 4.74 Å². The van der Waals surface area contributed by atoms with E-state index in [1.54, 1.807) is 37.9 Å². The number of nitro benzene ring substituents is 1. The topological polar surface area (TPSA) is 131 Å². The molecule has 2 amide bonds. The SMILES string of the molecule is CN(CCc1ccc([N+](=O)[O-])cc1)C(=O)C1(NC(=O)C2=CC(=O)CC(C)(C)O2)CCNCC1. The summed E-state index contributed by atoms with van der Waals surface area (Å²) in [4.78, 5) is 50.4. The number of piperidine rings is 1. The first kappa shape index (κ1) is 24.4. The summed E-state index contributed by atoms with van der Waals surface area (Å²) < 4.78 is 5.70. The number of hydrogen-bond acceptors (Lipinski definition) is 7. The minimum atomic E-state index is -1.11. The smallest absolute Gasteiger partial charge is 0.287 e. The van der Waals surface area contributed by atoms with Gasteiger partial charge in [-0.25, -0.2) is 0 Å². The Kier molecular flexibility index (Phi) is 7.16. The summed E-state index contributed by atoms with van der Waals surface area (Å²) in [6, 6.07) is 6.22. The first-order valence-electron chi connectivity index (χ1n) is 11.0. The van der Waals surface area contributed by atoms with Crippen LogP contribution >= 0.6 is 0 Å². The number of nitrogens with one attached hydrogen (secondary N) is 2. The molecule has 1 fully saturated rings. The first-order valence-corrected chi connectivity index (χ1v) is 11.0. The highest BCUT2D eigenvalue weighted by atomic mass is 16.6. The predicted molar refractivity (Wildman–Crippen MR) is 120 cm³/mol. The molecule has 0 radical (unpaired) electrons. The second-order valence-electron chi connectivity index (χ2n) is 9.20. The van der Waals surface area contributed by atoms with Crippen molar-refractivity contribution in [1.82, 2.24) is 15.5 Å². The Morgan fingerprint density at radius 1 is 1.21 bits per heavy atom. The zero-order valence-electron chi connectivity index (χ0n) is 19.2. The summed E-state index contributed by atoms with van der Waals surface area (Å²) in [6.07, 6.45) is 2.70. The van der Waals surface area contributed by atoms with Crippen LogP contribution in [0.2, 0.25) is 0 Å². The number of hydrogen-bond donors (Lipinski definition) is 2. The van der Waals surface area contributed by atoms with E-state index in [9.17, 15) is 24.5 Å². The molecule has 0 bridgehead atoms. The van der Waals surface area contributed by atoms with Crippen molar-refractivity contribution in [3.8, 4) is 0 Å². The van der Waals surface area contributed by atoms with E-state index in [1.807, 2.05) is 0 Å². The Labute approximate surface area is 192 Å². The van der Waals surface area contributed by atoms with Crippen molar-refractivity contribution < 1.29 is 24.0 Å². The third-order valence-corrected chi connectivity index (χ3v) is 5.95. The molecule has 0 aliphatic carbocycles. The second-order valence-corrected chi connectivity index (χ2v) is 9.20. The molecule has 1 aromatic rings. The van der Waals surface area contributed by atoms with E-state index in [1.165, 1.54) is 18.2 Å². The van der Waals surface area contributed by atoms with Gasteiger partial charge in [0.25, 0.3) is 11.6 Å². The van der Waals surface area contributed by atoms with E-state index in [-0.39, 0.29) is 29.6 Å². The Bertz CT molecular complexity index is 964. The highest BCUT2D eigenvalue weighted by molar-refractivity contribution is 6.03. The average molecular weight is 459 g/mol.